The Balaban J connectivity index is 1.41. The number of aliphatic carboxylic acids is 1. The largest absolute Gasteiger partial charge is 0.494 e. The monoisotopic (exact) mass is 480 g/mol. The summed E-state index contributed by atoms with van der Waals surface area (Å²) in [5.74, 6) is 0.0482. The maximum absolute atomic E-state index is 11.3. The molecule has 4 nitrogen and oxygen atoms in total. The number of ether oxygens (including phenoxy) is 2. The maximum Gasteiger partial charge on any atom is 0.333 e. The first-order valence-electron chi connectivity index (χ1n) is 12.4. The van der Waals surface area contributed by atoms with Gasteiger partial charge in [-0.15, -0.1) is 0 Å². The first-order chi connectivity index (χ1) is 17.6. The topological polar surface area (TPSA) is 55.8 Å². The lowest BCUT2D eigenvalue weighted by Gasteiger charge is -2.19. The van der Waals surface area contributed by atoms with Crippen LogP contribution in [0.5, 0.6) is 5.75 Å². The summed E-state index contributed by atoms with van der Waals surface area (Å²) in [6.45, 7) is 2.74. The van der Waals surface area contributed by atoms with Gasteiger partial charge in [0.25, 0.3) is 0 Å². The van der Waals surface area contributed by atoms with Gasteiger partial charge in [0.05, 0.1) is 6.61 Å². The van der Waals surface area contributed by atoms with Gasteiger partial charge in [-0.2, -0.15) is 0 Å². The van der Waals surface area contributed by atoms with Crippen molar-refractivity contribution in [3.05, 3.63) is 126 Å². The molecule has 0 radical (unpaired) electrons. The van der Waals surface area contributed by atoms with Crippen LogP contribution in [0.2, 0.25) is 0 Å². The highest BCUT2D eigenvalue weighted by Crippen LogP contribution is 2.30. The standard InChI is InChI=1S/C32H32O4/c1-2-35-31(32(33)34)23-24-13-19-29(20-14-24)36-22-21-30(27-11-7-4-8-12-27)28-17-15-26(16-18-28)25-9-5-3-6-10-25/h3-20,30-31H,2,21-23H2,1H3,(H,33,34). The molecule has 2 unspecified atom stereocenters. The van der Waals surface area contributed by atoms with Gasteiger partial charge in [0.15, 0.2) is 6.10 Å². The zero-order valence-corrected chi connectivity index (χ0v) is 20.5. The van der Waals surface area contributed by atoms with Crippen LogP contribution in [-0.4, -0.2) is 30.4 Å². The Morgan fingerprint density at radius 1 is 0.750 bits per heavy atom. The average Bonchev–Trinajstić information content (AvgIpc) is 2.93. The van der Waals surface area contributed by atoms with Crippen molar-refractivity contribution in [2.24, 2.45) is 0 Å². The summed E-state index contributed by atoms with van der Waals surface area (Å²) in [4.78, 5) is 11.3. The second-order valence-electron chi connectivity index (χ2n) is 8.72. The highest BCUT2D eigenvalue weighted by atomic mass is 16.5. The molecule has 0 fully saturated rings. The van der Waals surface area contributed by atoms with Gasteiger partial charge in [0, 0.05) is 18.9 Å². The van der Waals surface area contributed by atoms with Crippen LogP contribution in [0.25, 0.3) is 11.1 Å². The van der Waals surface area contributed by atoms with E-state index < -0.39 is 12.1 Å². The number of benzene rings is 4. The Bertz CT molecular complexity index is 1200. The van der Waals surface area contributed by atoms with Gasteiger partial charge in [-0.05, 0) is 53.3 Å². The molecule has 0 heterocycles. The molecule has 184 valence electrons. The minimum Gasteiger partial charge on any atom is -0.494 e. The Labute approximate surface area is 213 Å². The highest BCUT2D eigenvalue weighted by molar-refractivity contribution is 5.72. The fraction of sp³-hybridized carbons (Fsp3) is 0.219. The van der Waals surface area contributed by atoms with Crippen molar-refractivity contribution in [3.63, 3.8) is 0 Å². The third kappa shape index (κ3) is 6.83. The van der Waals surface area contributed by atoms with Crippen molar-refractivity contribution >= 4 is 5.97 Å². The van der Waals surface area contributed by atoms with Gasteiger partial charge in [-0.1, -0.05) is 97.1 Å². The smallest absolute Gasteiger partial charge is 0.333 e. The molecule has 0 aliphatic carbocycles. The summed E-state index contributed by atoms with van der Waals surface area (Å²) in [7, 11) is 0. The van der Waals surface area contributed by atoms with E-state index in [-0.39, 0.29) is 5.92 Å². The molecule has 36 heavy (non-hydrogen) atoms. The van der Waals surface area contributed by atoms with Gasteiger partial charge in [-0.3, -0.25) is 0 Å². The molecule has 0 aliphatic rings. The van der Waals surface area contributed by atoms with Crippen LogP contribution < -0.4 is 4.74 Å². The van der Waals surface area contributed by atoms with E-state index in [0.717, 1.165) is 17.7 Å². The number of hydrogen-bond acceptors (Lipinski definition) is 3. The first kappa shape index (κ1) is 25.2. The molecule has 2 atom stereocenters. The summed E-state index contributed by atoms with van der Waals surface area (Å²) < 4.78 is 11.4. The van der Waals surface area contributed by atoms with Crippen LogP contribution in [0, 0.1) is 0 Å². The first-order valence-corrected chi connectivity index (χ1v) is 12.4. The molecule has 0 aromatic heterocycles. The molecule has 4 aromatic rings. The minimum absolute atomic E-state index is 0.220. The lowest BCUT2D eigenvalue weighted by Crippen LogP contribution is -2.26. The van der Waals surface area contributed by atoms with E-state index in [2.05, 4.69) is 72.8 Å². The van der Waals surface area contributed by atoms with Crippen molar-refractivity contribution in [1.82, 2.24) is 0 Å². The van der Waals surface area contributed by atoms with Gasteiger partial charge >= 0.3 is 5.97 Å². The number of hydrogen-bond donors (Lipinski definition) is 1. The van der Waals surface area contributed by atoms with Crippen LogP contribution in [0.3, 0.4) is 0 Å². The fourth-order valence-electron chi connectivity index (χ4n) is 4.40. The SMILES string of the molecule is CCOC(Cc1ccc(OCCC(c2ccccc2)c2ccc(-c3ccccc3)cc2)cc1)C(=O)O. The Morgan fingerprint density at radius 3 is 1.94 bits per heavy atom. The van der Waals surface area contributed by atoms with E-state index in [0.29, 0.717) is 19.6 Å². The summed E-state index contributed by atoms with van der Waals surface area (Å²) in [5, 5.41) is 9.30. The third-order valence-electron chi connectivity index (χ3n) is 6.29. The minimum atomic E-state index is -0.944. The number of carbonyl (C=O) groups is 1. The van der Waals surface area contributed by atoms with E-state index in [9.17, 15) is 9.90 Å². The highest BCUT2D eigenvalue weighted by Gasteiger charge is 2.18. The molecule has 0 saturated carbocycles. The molecule has 1 N–H and O–H groups in total. The summed E-state index contributed by atoms with van der Waals surface area (Å²) in [6.07, 6.45) is 0.335. The molecular formula is C32H32O4. The average molecular weight is 481 g/mol. The molecule has 4 rings (SSSR count). The van der Waals surface area contributed by atoms with E-state index >= 15 is 0 Å². The van der Waals surface area contributed by atoms with Crippen LogP contribution >= 0.6 is 0 Å². The molecule has 0 amide bonds. The zero-order chi connectivity index (χ0) is 25.2. The molecule has 0 saturated heterocycles. The summed E-state index contributed by atoms with van der Waals surface area (Å²) >= 11 is 0. The number of carboxylic acids is 1. The second kappa shape index (κ2) is 12.7. The van der Waals surface area contributed by atoms with E-state index in [1.54, 1.807) is 6.92 Å². The van der Waals surface area contributed by atoms with E-state index in [1.165, 1.54) is 22.3 Å². The van der Waals surface area contributed by atoms with Crippen LogP contribution in [0.1, 0.15) is 36.0 Å². The molecule has 0 bridgehead atoms. The van der Waals surface area contributed by atoms with Crippen molar-refractivity contribution < 1.29 is 19.4 Å². The van der Waals surface area contributed by atoms with Crippen LogP contribution in [-0.2, 0) is 16.0 Å². The number of rotatable bonds is 12. The van der Waals surface area contributed by atoms with Gasteiger partial charge < -0.3 is 14.6 Å². The second-order valence-corrected chi connectivity index (χ2v) is 8.72. The van der Waals surface area contributed by atoms with Crippen LogP contribution in [0.4, 0.5) is 0 Å². The predicted molar refractivity (Wildman–Crippen MR) is 143 cm³/mol. The summed E-state index contributed by atoms with van der Waals surface area (Å²) in [6, 6.07) is 37.3. The molecular weight excluding hydrogens is 448 g/mol. The normalized spacial score (nSPS) is 12.6. The van der Waals surface area contributed by atoms with Crippen molar-refractivity contribution in [3.8, 4) is 16.9 Å². The van der Waals surface area contributed by atoms with Crippen molar-refractivity contribution in [2.45, 2.75) is 31.8 Å². The Morgan fingerprint density at radius 2 is 1.33 bits per heavy atom. The predicted octanol–water partition coefficient (Wildman–Crippen LogP) is 6.99. The Kier molecular flexibility index (Phi) is 8.90. The summed E-state index contributed by atoms with van der Waals surface area (Å²) in [5.41, 5.74) is 5.85. The lowest BCUT2D eigenvalue weighted by atomic mass is 9.88. The van der Waals surface area contributed by atoms with E-state index in [1.807, 2.05) is 36.4 Å². The zero-order valence-electron chi connectivity index (χ0n) is 20.5. The lowest BCUT2D eigenvalue weighted by molar-refractivity contribution is -0.149. The van der Waals surface area contributed by atoms with Gasteiger partial charge in [0.1, 0.15) is 5.75 Å². The Hall–Kier alpha value is -3.89. The third-order valence-corrected chi connectivity index (χ3v) is 6.29. The van der Waals surface area contributed by atoms with E-state index in [4.69, 9.17) is 9.47 Å². The van der Waals surface area contributed by atoms with Gasteiger partial charge in [0.2, 0.25) is 0 Å². The molecule has 0 spiro atoms. The molecule has 4 heteroatoms. The molecule has 4 aromatic carbocycles. The maximum atomic E-state index is 11.3. The quantitative estimate of drug-likeness (QED) is 0.237. The fourth-order valence-corrected chi connectivity index (χ4v) is 4.40. The van der Waals surface area contributed by atoms with Crippen LogP contribution in [0.15, 0.2) is 109 Å². The van der Waals surface area contributed by atoms with Crippen molar-refractivity contribution in [2.75, 3.05) is 13.2 Å². The van der Waals surface area contributed by atoms with Crippen molar-refractivity contribution in [1.29, 1.82) is 0 Å². The molecule has 0 aliphatic heterocycles. The number of carboxylic acid groups (broad SMARTS) is 1. The van der Waals surface area contributed by atoms with Gasteiger partial charge in [-0.25, -0.2) is 4.79 Å².